The molecule has 338 valence electrons. The summed E-state index contributed by atoms with van der Waals surface area (Å²) in [6.45, 7) is 2.39. The lowest BCUT2D eigenvalue weighted by Crippen LogP contribution is -2.49. The van der Waals surface area contributed by atoms with Gasteiger partial charge >= 0.3 is 10.2 Å². The highest BCUT2D eigenvalue weighted by molar-refractivity contribution is 7.90. The van der Waals surface area contributed by atoms with Gasteiger partial charge in [0.05, 0.1) is 47.3 Å². The summed E-state index contributed by atoms with van der Waals surface area (Å²) in [4.78, 5) is 44.7. The Labute approximate surface area is 369 Å². The molecule has 1 aromatic heterocycles. The summed E-state index contributed by atoms with van der Waals surface area (Å²) in [7, 11) is -2.59. The van der Waals surface area contributed by atoms with Crippen molar-refractivity contribution >= 4 is 44.3 Å². The fourth-order valence-corrected chi connectivity index (χ4v) is 11.4. The number of piperidine rings is 2. The van der Waals surface area contributed by atoms with Gasteiger partial charge in [-0.1, -0.05) is 6.07 Å². The summed E-state index contributed by atoms with van der Waals surface area (Å²) in [6.07, 6.45) is 8.26. The molecule has 0 bridgehead atoms. The number of nitrogens with one attached hydrogen (secondary N) is 3. The average Bonchev–Trinajstić information content (AvgIpc) is 3.95. The van der Waals surface area contributed by atoms with Crippen LogP contribution in [0.1, 0.15) is 87.3 Å². The number of nitrogens with zero attached hydrogens (tertiary/aromatic N) is 5. The fourth-order valence-electron chi connectivity index (χ4n) is 10.1. The zero-order valence-corrected chi connectivity index (χ0v) is 36.2. The minimum absolute atomic E-state index is 0.0601. The number of aromatic nitrogens is 2. The third kappa shape index (κ3) is 8.81. The van der Waals surface area contributed by atoms with Crippen molar-refractivity contribution in [2.24, 2.45) is 0 Å². The van der Waals surface area contributed by atoms with Gasteiger partial charge in [0.15, 0.2) is 11.6 Å². The van der Waals surface area contributed by atoms with Crippen LogP contribution in [-0.4, -0.2) is 103 Å². The summed E-state index contributed by atoms with van der Waals surface area (Å²) < 4.78 is 79.7. The van der Waals surface area contributed by atoms with Crippen molar-refractivity contribution in [3.63, 3.8) is 0 Å². The summed E-state index contributed by atoms with van der Waals surface area (Å²) in [5.41, 5.74) is 0.375. The quantitative estimate of drug-likeness (QED) is 0.161. The van der Waals surface area contributed by atoms with Crippen molar-refractivity contribution in [2.75, 3.05) is 49.9 Å². The van der Waals surface area contributed by atoms with Crippen molar-refractivity contribution in [3.8, 4) is 17.6 Å². The number of hydrogen-bond acceptors (Lipinski definition) is 12. The number of methoxy groups -OCH3 is 1. The van der Waals surface area contributed by atoms with Crippen LogP contribution in [-0.2, 0) is 29.3 Å². The number of rotatable bonds is 11. The van der Waals surface area contributed by atoms with Crippen LogP contribution in [0.2, 0.25) is 0 Å². The van der Waals surface area contributed by atoms with Crippen LogP contribution in [0.5, 0.6) is 11.5 Å². The van der Waals surface area contributed by atoms with Gasteiger partial charge in [0.25, 0.3) is 5.56 Å². The number of amides is 2. The number of benzene rings is 3. The molecule has 4 aliphatic heterocycles. The summed E-state index contributed by atoms with van der Waals surface area (Å²) in [6, 6.07) is 13.2. The summed E-state index contributed by atoms with van der Waals surface area (Å²) >= 11 is 0. The Balaban J connectivity index is 0.810. The lowest BCUT2D eigenvalue weighted by Gasteiger charge is -2.44. The molecule has 16 nitrogen and oxygen atoms in total. The number of nitriles is 1. The maximum absolute atomic E-state index is 15.4. The van der Waals surface area contributed by atoms with Crippen LogP contribution < -0.4 is 25.7 Å². The van der Waals surface area contributed by atoms with Gasteiger partial charge in [-0.2, -0.15) is 18.0 Å². The Kier molecular flexibility index (Phi) is 12.2. The maximum atomic E-state index is 15.4. The molecule has 2 amide bonds. The Hall–Kier alpha value is -5.52. The van der Waals surface area contributed by atoms with E-state index >= 15 is 8.78 Å². The van der Waals surface area contributed by atoms with E-state index in [0.29, 0.717) is 48.7 Å². The second-order valence-electron chi connectivity index (χ2n) is 17.5. The molecule has 5 fully saturated rings. The third-order valence-corrected chi connectivity index (χ3v) is 15.2. The highest BCUT2D eigenvalue weighted by Gasteiger charge is 2.45. The number of anilines is 2. The summed E-state index contributed by atoms with van der Waals surface area (Å²) in [5, 5.41) is 15.6. The minimum Gasteiger partial charge on any atom is -0.453 e. The molecule has 0 radical (unpaired) electrons. The third-order valence-electron chi connectivity index (χ3n) is 13.7. The van der Waals surface area contributed by atoms with Gasteiger partial charge in [-0.25, -0.2) is 13.8 Å². The molecule has 1 spiro atoms. The van der Waals surface area contributed by atoms with E-state index in [0.717, 1.165) is 63.7 Å². The van der Waals surface area contributed by atoms with Crippen molar-refractivity contribution in [1.82, 2.24) is 24.1 Å². The largest absolute Gasteiger partial charge is 0.453 e. The summed E-state index contributed by atoms with van der Waals surface area (Å²) in [5.74, 6) is -2.20. The van der Waals surface area contributed by atoms with E-state index in [9.17, 15) is 28.1 Å². The van der Waals surface area contributed by atoms with Gasteiger partial charge in [-0.05, 0) is 112 Å². The molecular formula is C45H50F2N8O8S. The zero-order chi connectivity index (χ0) is 44.8. The van der Waals surface area contributed by atoms with Crippen molar-refractivity contribution in [1.29, 1.82) is 5.26 Å². The topological polar surface area (TPSA) is 197 Å². The molecule has 5 heterocycles. The number of halogens is 2. The number of carbonyl (C=O) groups excluding carboxylic acids is 2. The Morgan fingerprint density at radius 2 is 1.75 bits per heavy atom. The lowest BCUT2D eigenvalue weighted by molar-refractivity contribution is -0.133. The van der Waals surface area contributed by atoms with Crippen LogP contribution in [0, 0.1) is 23.0 Å². The molecule has 5 aliphatic rings. The van der Waals surface area contributed by atoms with Gasteiger partial charge in [0, 0.05) is 51.4 Å². The monoisotopic (exact) mass is 900 g/mol. The van der Waals surface area contributed by atoms with Crippen LogP contribution in [0.4, 0.5) is 20.2 Å². The first-order valence-corrected chi connectivity index (χ1v) is 23.3. The average molecular weight is 901 g/mol. The first kappa shape index (κ1) is 43.7. The number of ether oxygens (including phenoxy) is 3. The Morgan fingerprint density at radius 3 is 2.47 bits per heavy atom. The predicted octanol–water partition coefficient (Wildman–Crippen LogP) is 5.46. The molecule has 4 saturated heterocycles. The molecule has 3 N–H and O–H groups in total. The Morgan fingerprint density at radius 1 is 0.953 bits per heavy atom. The molecule has 3 atom stereocenters. The maximum Gasteiger partial charge on any atom is 0.301 e. The second kappa shape index (κ2) is 17.8. The van der Waals surface area contributed by atoms with E-state index in [4.69, 9.17) is 14.2 Å². The molecule has 1 saturated carbocycles. The lowest BCUT2D eigenvalue weighted by atomic mass is 9.79. The van der Waals surface area contributed by atoms with E-state index in [1.807, 2.05) is 18.2 Å². The van der Waals surface area contributed by atoms with E-state index in [2.05, 4.69) is 25.2 Å². The predicted molar refractivity (Wildman–Crippen MR) is 231 cm³/mol. The van der Waals surface area contributed by atoms with Crippen LogP contribution >= 0.6 is 0 Å². The molecular weight excluding hydrogens is 851 g/mol. The molecule has 64 heavy (non-hydrogen) atoms. The first-order valence-electron chi connectivity index (χ1n) is 21.8. The van der Waals surface area contributed by atoms with Gasteiger partial charge in [0.2, 0.25) is 11.8 Å². The molecule has 1 unspecified atom stereocenters. The van der Waals surface area contributed by atoms with Gasteiger partial charge in [-0.15, -0.1) is 0 Å². The number of fused-ring (bicyclic) bond motifs is 1. The van der Waals surface area contributed by atoms with E-state index in [-0.39, 0.29) is 82.8 Å². The normalized spacial score (nSPS) is 25.3. The first-order chi connectivity index (χ1) is 30.8. The van der Waals surface area contributed by atoms with Gasteiger partial charge in [-0.3, -0.25) is 29.0 Å². The highest BCUT2D eigenvalue weighted by atomic mass is 32.2. The molecule has 9 rings (SSSR count). The van der Waals surface area contributed by atoms with E-state index in [1.165, 1.54) is 35.9 Å². The minimum atomic E-state index is -4.09. The molecule has 19 heteroatoms. The SMILES string of the molecule is CO[C@H]1CCN(S(=O)(=O)Nc2ccc(F)c(Oc3ccc4ncn([C@H]5COC6(CCN(C7CCC(c8ccc(NC9CCC(=O)NC9=O)cc8F)CC7)CC6)C5)c(=O)c4c3)c2C#N)C1. The van der Waals surface area contributed by atoms with Crippen LogP contribution in [0.3, 0.4) is 0 Å². The number of likely N-dealkylation sites (tertiary alicyclic amines) is 1. The second-order valence-corrected chi connectivity index (χ2v) is 19.2. The van der Waals surface area contributed by atoms with E-state index < -0.39 is 33.7 Å². The number of hydrogen-bond donors (Lipinski definition) is 3. The molecule has 3 aromatic carbocycles. The van der Waals surface area contributed by atoms with Crippen molar-refractivity contribution in [2.45, 2.75) is 100.0 Å². The van der Waals surface area contributed by atoms with Crippen LogP contribution in [0.25, 0.3) is 10.9 Å². The smallest absolute Gasteiger partial charge is 0.301 e. The zero-order valence-electron chi connectivity index (χ0n) is 35.4. The number of carbonyl (C=O) groups is 2. The van der Waals surface area contributed by atoms with Gasteiger partial charge in [0.1, 0.15) is 29.2 Å². The van der Waals surface area contributed by atoms with Crippen molar-refractivity contribution < 1.29 is 41.0 Å². The van der Waals surface area contributed by atoms with Crippen molar-refractivity contribution in [3.05, 3.63) is 88.0 Å². The fraction of sp³-hybridized carbons (Fsp3) is 0.489. The van der Waals surface area contributed by atoms with E-state index in [1.54, 1.807) is 10.6 Å². The standard InChI is InChI=1S/C45H50F2N8O8S/c1-61-32-14-17-54(24-32)64(59,60)52-39-11-9-36(46)42(35(39)23-48)63-31-7-10-38-34(21-31)44(58)55(26-49-38)30-22-45(62-25-30)15-18-53(19-16-45)29-5-2-27(3-6-29)33-8-4-28(20-37(33)47)50-40-12-13-41(56)51-43(40)57/h4,7-11,20-21,26-27,29-30,32,40,50,52H,2-3,5-6,12-19,22,24-25H2,1H3,(H,51,56,57)/t27?,29?,30-,32+,40?/m1/s1. The molecule has 1 aliphatic carbocycles. The highest BCUT2D eigenvalue weighted by Crippen LogP contribution is 2.43. The van der Waals surface area contributed by atoms with Gasteiger partial charge < -0.3 is 24.4 Å². The number of imide groups is 1. The molecule has 4 aromatic rings. The van der Waals surface area contributed by atoms with Crippen LogP contribution in [0.15, 0.2) is 59.7 Å². The Bertz CT molecular complexity index is 2680.